The lowest BCUT2D eigenvalue weighted by molar-refractivity contribution is 0.371. The average Bonchev–Trinajstić information content (AvgIpc) is 3.50. The first-order valence-corrected chi connectivity index (χ1v) is 10.8. The maximum atomic E-state index is 12.4. The molecular formula is C21H23NO5S. The number of aromatic nitrogens is 1. The van der Waals surface area contributed by atoms with E-state index in [0.29, 0.717) is 28.4 Å². The molecule has 0 amide bonds. The van der Waals surface area contributed by atoms with Gasteiger partial charge in [0, 0.05) is 28.8 Å². The van der Waals surface area contributed by atoms with E-state index < -0.39 is 9.84 Å². The van der Waals surface area contributed by atoms with Crippen LogP contribution in [0.1, 0.15) is 25.3 Å². The summed E-state index contributed by atoms with van der Waals surface area (Å²) >= 11 is 0. The van der Waals surface area contributed by atoms with Gasteiger partial charge in [0.15, 0.2) is 15.6 Å². The lowest BCUT2D eigenvalue weighted by atomic mass is 10.0. The fourth-order valence-corrected chi connectivity index (χ4v) is 3.77. The van der Waals surface area contributed by atoms with Crippen LogP contribution in [0.2, 0.25) is 0 Å². The van der Waals surface area contributed by atoms with Crippen molar-refractivity contribution in [3.8, 4) is 34.5 Å². The molecule has 7 heteroatoms. The number of rotatable bonds is 6. The number of nitrogens with one attached hydrogen (secondary N) is 1. The molecule has 0 spiro atoms. The maximum Gasteiger partial charge on any atom is 0.290 e. The molecule has 1 aromatic heterocycles. The summed E-state index contributed by atoms with van der Waals surface area (Å²) in [7, 11) is -1.98. The molecule has 28 heavy (non-hydrogen) atoms. The number of hydrogen-bond acceptors (Lipinski definition) is 5. The number of methoxy groups -OCH3 is 1. The van der Waals surface area contributed by atoms with Crippen LogP contribution in [-0.4, -0.2) is 32.9 Å². The highest BCUT2D eigenvalue weighted by atomic mass is 32.2. The lowest BCUT2D eigenvalue weighted by Gasteiger charge is -2.15. The van der Waals surface area contributed by atoms with Crippen LogP contribution in [0.4, 0.5) is 0 Å². The summed E-state index contributed by atoms with van der Waals surface area (Å²) in [5, 5.41) is 0. The van der Waals surface area contributed by atoms with Crippen molar-refractivity contribution in [1.29, 1.82) is 0 Å². The summed E-state index contributed by atoms with van der Waals surface area (Å²) < 4.78 is 35.7. The fourth-order valence-electron chi connectivity index (χ4n) is 2.86. The van der Waals surface area contributed by atoms with E-state index in [0.717, 1.165) is 12.8 Å². The van der Waals surface area contributed by atoms with Crippen molar-refractivity contribution in [3.05, 3.63) is 40.3 Å². The van der Waals surface area contributed by atoms with Crippen LogP contribution >= 0.6 is 0 Å². The summed E-state index contributed by atoms with van der Waals surface area (Å²) in [4.78, 5) is 14.8. The zero-order valence-electron chi connectivity index (χ0n) is 16.2. The van der Waals surface area contributed by atoms with Crippen molar-refractivity contribution < 1.29 is 17.9 Å². The molecule has 1 aliphatic carbocycles. The van der Waals surface area contributed by atoms with Crippen LogP contribution in [0.15, 0.2) is 34.1 Å². The number of H-pyrrole nitrogens is 1. The Kier molecular flexibility index (Phi) is 5.80. The Bertz CT molecular complexity index is 1100. The molecule has 3 rings (SSSR count). The second-order valence-electron chi connectivity index (χ2n) is 6.64. The van der Waals surface area contributed by atoms with Crippen molar-refractivity contribution in [2.24, 2.45) is 5.92 Å². The normalized spacial score (nSPS) is 13.5. The van der Waals surface area contributed by atoms with E-state index >= 15 is 0 Å². The number of benzene rings is 1. The van der Waals surface area contributed by atoms with Gasteiger partial charge in [0.05, 0.1) is 17.8 Å². The van der Waals surface area contributed by atoms with Gasteiger partial charge in [-0.1, -0.05) is 18.8 Å². The van der Waals surface area contributed by atoms with Crippen molar-refractivity contribution in [3.63, 3.8) is 0 Å². The standard InChI is InChI=1S/C21H23NO5S/c1-4-28(24,25)16-9-10-19(27-11-5-6-15-7-8-15)17(12-16)18-13-22-21(23)20(26-3)14(18)2/h9-10,12-13,15H,4,7-8,11H2,1-3H3,(H,22,23). The molecule has 148 valence electrons. The van der Waals surface area contributed by atoms with E-state index in [1.807, 2.05) is 0 Å². The molecule has 1 aliphatic rings. The minimum Gasteiger partial charge on any atom is -0.491 e. The molecule has 0 saturated heterocycles. The molecule has 2 aromatic rings. The third kappa shape index (κ3) is 4.23. The molecule has 1 heterocycles. The van der Waals surface area contributed by atoms with Gasteiger partial charge in [-0.3, -0.25) is 4.79 Å². The first-order valence-electron chi connectivity index (χ1n) is 9.12. The van der Waals surface area contributed by atoms with Crippen LogP contribution in [0.25, 0.3) is 11.1 Å². The molecule has 0 radical (unpaired) electrons. The second-order valence-corrected chi connectivity index (χ2v) is 8.91. The van der Waals surface area contributed by atoms with Crippen molar-refractivity contribution in [2.75, 3.05) is 19.5 Å². The molecule has 1 aromatic carbocycles. The highest BCUT2D eigenvalue weighted by molar-refractivity contribution is 7.91. The third-order valence-corrected chi connectivity index (χ3v) is 6.40. The Labute approximate surface area is 164 Å². The van der Waals surface area contributed by atoms with Crippen LogP contribution < -0.4 is 15.0 Å². The number of sulfone groups is 1. The number of hydrogen-bond donors (Lipinski definition) is 1. The van der Waals surface area contributed by atoms with Crippen LogP contribution in [0, 0.1) is 24.7 Å². The number of pyridine rings is 1. The van der Waals surface area contributed by atoms with E-state index in [2.05, 4.69) is 16.8 Å². The van der Waals surface area contributed by atoms with Gasteiger partial charge >= 0.3 is 0 Å². The van der Waals surface area contributed by atoms with Crippen molar-refractivity contribution >= 4 is 9.84 Å². The number of ether oxygens (including phenoxy) is 2. The third-order valence-electron chi connectivity index (χ3n) is 4.67. The van der Waals surface area contributed by atoms with E-state index in [1.54, 1.807) is 32.2 Å². The van der Waals surface area contributed by atoms with Crippen LogP contribution in [0.3, 0.4) is 0 Å². The van der Waals surface area contributed by atoms with Gasteiger partial charge in [-0.05, 0) is 38.0 Å². The quantitative estimate of drug-likeness (QED) is 0.752. The largest absolute Gasteiger partial charge is 0.491 e. The topological polar surface area (TPSA) is 85.5 Å². The maximum absolute atomic E-state index is 12.4. The fraction of sp³-hybridized carbons (Fsp3) is 0.381. The smallest absolute Gasteiger partial charge is 0.290 e. The first kappa shape index (κ1) is 20.0. The van der Waals surface area contributed by atoms with E-state index in [-0.39, 0.29) is 28.6 Å². The molecule has 1 fully saturated rings. The van der Waals surface area contributed by atoms with Gasteiger partial charge in [0.1, 0.15) is 12.4 Å². The van der Waals surface area contributed by atoms with Crippen molar-refractivity contribution in [1.82, 2.24) is 4.98 Å². The highest BCUT2D eigenvalue weighted by Crippen LogP contribution is 2.36. The van der Waals surface area contributed by atoms with Gasteiger partial charge in [-0.2, -0.15) is 0 Å². The average molecular weight is 401 g/mol. The minimum absolute atomic E-state index is 0.00651. The van der Waals surface area contributed by atoms with Gasteiger partial charge < -0.3 is 14.5 Å². The Hall–Kier alpha value is -2.72. The van der Waals surface area contributed by atoms with Crippen LogP contribution in [0.5, 0.6) is 11.5 Å². The summed E-state index contributed by atoms with van der Waals surface area (Å²) in [6.45, 7) is 3.56. The highest BCUT2D eigenvalue weighted by Gasteiger charge is 2.20. The van der Waals surface area contributed by atoms with E-state index in [1.165, 1.54) is 13.2 Å². The SMILES string of the molecule is CCS(=O)(=O)c1ccc(OCC#CC2CC2)c(-c2c[nH]c(=O)c(OC)c2C)c1. The van der Waals surface area contributed by atoms with Gasteiger partial charge in [-0.25, -0.2) is 8.42 Å². The molecular weight excluding hydrogens is 378 g/mol. The second kappa shape index (κ2) is 8.11. The predicted octanol–water partition coefficient (Wildman–Crippen LogP) is 2.94. The van der Waals surface area contributed by atoms with Crippen molar-refractivity contribution in [2.45, 2.75) is 31.6 Å². The summed E-state index contributed by atoms with van der Waals surface area (Å²) in [6, 6.07) is 4.74. The van der Waals surface area contributed by atoms with E-state index in [9.17, 15) is 13.2 Å². The molecule has 0 aliphatic heterocycles. The van der Waals surface area contributed by atoms with E-state index in [4.69, 9.17) is 9.47 Å². The molecule has 6 nitrogen and oxygen atoms in total. The zero-order valence-corrected chi connectivity index (χ0v) is 17.0. The molecule has 0 atom stereocenters. The summed E-state index contributed by atoms with van der Waals surface area (Å²) in [5.41, 5.74) is 1.45. The Morgan fingerprint density at radius 3 is 2.64 bits per heavy atom. The van der Waals surface area contributed by atoms with Crippen LogP contribution in [-0.2, 0) is 9.84 Å². The lowest BCUT2D eigenvalue weighted by Crippen LogP contribution is -2.11. The minimum atomic E-state index is -3.40. The molecule has 1 N–H and O–H groups in total. The van der Waals surface area contributed by atoms with Gasteiger partial charge in [-0.15, -0.1) is 0 Å². The Morgan fingerprint density at radius 2 is 2.00 bits per heavy atom. The summed E-state index contributed by atoms with van der Waals surface area (Å²) in [5.74, 6) is 7.28. The zero-order chi connectivity index (χ0) is 20.3. The Balaban J connectivity index is 2.08. The molecule has 0 bridgehead atoms. The molecule has 1 saturated carbocycles. The van der Waals surface area contributed by atoms with Gasteiger partial charge in [0.2, 0.25) is 0 Å². The molecule has 0 unspecified atom stereocenters. The predicted molar refractivity (Wildman–Crippen MR) is 108 cm³/mol. The Morgan fingerprint density at radius 1 is 1.25 bits per heavy atom. The number of aromatic amines is 1. The monoisotopic (exact) mass is 401 g/mol. The van der Waals surface area contributed by atoms with Gasteiger partial charge in [0.25, 0.3) is 5.56 Å². The summed E-state index contributed by atoms with van der Waals surface area (Å²) in [6.07, 6.45) is 3.82. The first-order chi connectivity index (χ1) is 13.4.